The molecule has 1 aliphatic heterocycles. The van der Waals surface area contributed by atoms with E-state index in [9.17, 15) is 0 Å². The topological polar surface area (TPSA) is 21.3 Å². The van der Waals surface area contributed by atoms with Crippen LogP contribution < -0.4 is 5.32 Å². The summed E-state index contributed by atoms with van der Waals surface area (Å²) in [5, 5.41) is 3.74. The van der Waals surface area contributed by atoms with Crippen molar-refractivity contribution in [1.29, 1.82) is 0 Å². The minimum atomic E-state index is 0.624. The van der Waals surface area contributed by atoms with Gasteiger partial charge in [-0.15, -0.1) is 0 Å². The van der Waals surface area contributed by atoms with E-state index in [1.165, 1.54) is 38.5 Å². The summed E-state index contributed by atoms with van der Waals surface area (Å²) in [6.45, 7) is 4.25. The van der Waals surface area contributed by atoms with Gasteiger partial charge in [0, 0.05) is 18.7 Å². The Morgan fingerprint density at radius 3 is 2.57 bits per heavy atom. The van der Waals surface area contributed by atoms with E-state index >= 15 is 0 Å². The Morgan fingerprint density at radius 1 is 1.14 bits per heavy atom. The highest BCUT2D eigenvalue weighted by Crippen LogP contribution is 2.28. The van der Waals surface area contributed by atoms with Gasteiger partial charge in [0.05, 0.1) is 6.61 Å². The van der Waals surface area contributed by atoms with Crippen molar-refractivity contribution in [3.63, 3.8) is 0 Å². The molecule has 82 valence electrons. The van der Waals surface area contributed by atoms with Crippen molar-refractivity contribution in [1.82, 2.24) is 5.32 Å². The summed E-state index contributed by atoms with van der Waals surface area (Å²) < 4.78 is 5.48. The Bertz CT molecular complexity index is 160. The minimum Gasteiger partial charge on any atom is -0.380 e. The second-order valence-electron chi connectivity index (χ2n) is 4.91. The summed E-state index contributed by atoms with van der Waals surface area (Å²) in [5.41, 5.74) is 0. The summed E-state index contributed by atoms with van der Waals surface area (Å²) in [6, 6.07) is 1.32. The molecular formula is C12H23NO. The van der Waals surface area contributed by atoms with E-state index in [0.717, 1.165) is 19.1 Å². The summed E-state index contributed by atoms with van der Waals surface area (Å²) in [4.78, 5) is 0. The van der Waals surface area contributed by atoms with Crippen LogP contribution >= 0.6 is 0 Å². The van der Waals surface area contributed by atoms with Gasteiger partial charge in [0.2, 0.25) is 0 Å². The van der Waals surface area contributed by atoms with E-state index in [1.54, 1.807) is 0 Å². The number of ether oxygens (including phenoxy) is 1. The molecule has 1 saturated carbocycles. The fraction of sp³-hybridized carbons (Fsp3) is 1.00. The highest BCUT2D eigenvalue weighted by atomic mass is 16.5. The highest BCUT2D eigenvalue weighted by Gasteiger charge is 2.24. The molecule has 0 spiro atoms. The molecule has 0 aromatic carbocycles. The van der Waals surface area contributed by atoms with Crippen LogP contribution in [-0.4, -0.2) is 25.3 Å². The van der Waals surface area contributed by atoms with Crippen molar-refractivity contribution < 1.29 is 4.74 Å². The van der Waals surface area contributed by atoms with E-state index in [-0.39, 0.29) is 0 Å². The minimum absolute atomic E-state index is 0.624. The molecule has 1 unspecified atom stereocenters. The Morgan fingerprint density at radius 2 is 1.93 bits per heavy atom. The summed E-state index contributed by atoms with van der Waals surface area (Å²) >= 11 is 0. The number of hydrogen-bond acceptors (Lipinski definition) is 2. The zero-order valence-corrected chi connectivity index (χ0v) is 9.30. The zero-order chi connectivity index (χ0) is 9.80. The largest absolute Gasteiger partial charge is 0.380 e. The molecule has 2 fully saturated rings. The predicted octanol–water partition coefficient (Wildman–Crippen LogP) is 2.33. The lowest BCUT2D eigenvalue weighted by molar-refractivity contribution is 0.0642. The Kier molecular flexibility index (Phi) is 3.82. The van der Waals surface area contributed by atoms with E-state index in [1.807, 2.05) is 0 Å². The lowest BCUT2D eigenvalue weighted by Crippen LogP contribution is -2.44. The molecule has 0 amide bonds. The van der Waals surface area contributed by atoms with Gasteiger partial charge in [-0.05, 0) is 38.5 Å². The van der Waals surface area contributed by atoms with Crippen molar-refractivity contribution in [2.75, 3.05) is 13.2 Å². The van der Waals surface area contributed by atoms with Crippen molar-refractivity contribution >= 4 is 0 Å². The molecule has 0 radical (unpaired) electrons. The molecule has 0 bridgehead atoms. The highest BCUT2D eigenvalue weighted by molar-refractivity contribution is 4.81. The zero-order valence-electron chi connectivity index (χ0n) is 9.30. The number of hydrogen-bond donors (Lipinski definition) is 1. The monoisotopic (exact) mass is 197 g/mol. The number of rotatable bonds is 3. The maximum Gasteiger partial charge on any atom is 0.0619 e. The van der Waals surface area contributed by atoms with E-state index in [2.05, 4.69) is 12.2 Å². The number of nitrogens with one attached hydrogen (secondary N) is 1. The standard InChI is InChI=1S/C12H23NO/c1-10(11-5-2-3-6-11)13-12-7-4-8-14-9-12/h10-13H,2-9H2,1H3/t10-,12?/m0/s1. The molecule has 14 heavy (non-hydrogen) atoms. The fourth-order valence-electron chi connectivity index (χ4n) is 2.84. The van der Waals surface area contributed by atoms with Crippen molar-refractivity contribution in [2.24, 2.45) is 5.92 Å². The van der Waals surface area contributed by atoms with E-state index in [4.69, 9.17) is 4.74 Å². The average Bonchev–Trinajstić information content (AvgIpc) is 2.72. The molecular weight excluding hydrogens is 174 g/mol. The quantitative estimate of drug-likeness (QED) is 0.750. The van der Waals surface area contributed by atoms with Gasteiger partial charge in [-0.2, -0.15) is 0 Å². The molecule has 2 atom stereocenters. The lowest BCUT2D eigenvalue weighted by Gasteiger charge is -2.29. The summed E-state index contributed by atoms with van der Waals surface area (Å²) in [7, 11) is 0. The van der Waals surface area contributed by atoms with Crippen molar-refractivity contribution in [2.45, 2.75) is 57.5 Å². The Hall–Kier alpha value is -0.0800. The van der Waals surface area contributed by atoms with Gasteiger partial charge in [0.1, 0.15) is 0 Å². The molecule has 2 heteroatoms. The molecule has 2 rings (SSSR count). The van der Waals surface area contributed by atoms with Gasteiger partial charge in [0.15, 0.2) is 0 Å². The molecule has 1 heterocycles. The molecule has 1 aliphatic carbocycles. The molecule has 2 nitrogen and oxygen atoms in total. The van der Waals surface area contributed by atoms with Crippen LogP contribution in [0.3, 0.4) is 0 Å². The van der Waals surface area contributed by atoms with Crippen LogP contribution in [-0.2, 0) is 4.74 Å². The molecule has 1 saturated heterocycles. The van der Waals surface area contributed by atoms with Gasteiger partial charge in [-0.1, -0.05) is 12.8 Å². The SMILES string of the molecule is C[C@H](NC1CCCOC1)C1CCCC1. The van der Waals surface area contributed by atoms with Crippen LogP contribution in [0.1, 0.15) is 45.4 Å². The van der Waals surface area contributed by atoms with E-state index in [0.29, 0.717) is 12.1 Å². The van der Waals surface area contributed by atoms with Crippen LogP contribution in [0.5, 0.6) is 0 Å². The average molecular weight is 197 g/mol. The first-order chi connectivity index (χ1) is 6.86. The summed E-state index contributed by atoms with van der Waals surface area (Å²) in [6.07, 6.45) is 8.28. The third-order valence-corrected chi connectivity index (χ3v) is 3.77. The fourth-order valence-corrected chi connectivity index (χ4v) is 2.84. The van der Waals surface area contributed by atoms with Crippen LogP contribution in [0.4, 0.5) is 0 Å². The van der Waals surface area contributed by atoms with E-state index < -0.39 is 0 Å². The molecule has 0 aromatic heterocycles. The maximum atomic E-state index is 5.48. The van der Waals surface area contributed by atoms with Gasteiger partial charge in [-0.25, -0.2) is 0 Å². The first-order valence-corrected chi connectivity index (χ1v) is 6.20. The Balaban J connectivity index is 1.72. The third kappa shape index (κ3) is 2.71. The van der Waals surface area contributed by atoms with Gasteiger partial charge >= 0.3 is 0 Å². The first kappa shape index (κ1) is 10.4. The normalized spacial score (nSPS) is 31.9. The molecule has 0 aromatic rings. The summed E-state index contributed by atoms with van der Waals surface area (Å²) in [5.74, 6) is 0.928. The van der Waals surface area contributed by atoms with Crippen molar-refractivity contribution in [3.05, 3.63) is 0 Å². The third-order valence-electron chi connectivity index (χ3n) is 3.77. The smallest absolute Gasteiger partial charge is 0.0619 e. The maximum absolute atomic E-state index is 5.48. The second-order valence-corrected chi connectivity index (χ2v) is 4.91. The van der Waals surface area contributed by atoms with Crippen molar-refractivity contribution in [3.8, 4) is 0 Å². The Labute approximate surface area is 87.4 Å². The van der Waals surface area contributed by atoms with Gasteiger partial charge < -0.3 is 10.1 Å². The van der Waals surface area contributed by atoms with Crippen LogP contribution in [0.2, 0.25) is 0 Å². The van der Waals surface area contributed by atoms with Gasteiger partial charge in [0.25, 0.3) is 0 Å². The predicted molar refractivity (Wildman–Crippen MR) is 58.4 cm³/mol. The molecule has 1 N–H and O–H groups in total. The van der Waals surface area contributed by atoms with Gasteiger partial charge in [-0.3, -0.25) is 0 Å². The van der Waals surface area contributed by atoms with Crippen LogP contribution in [0, 0.1) is 5.92 Å². The lowest BCUT2D eigenvalue weighted by atomic mass is 9.98. The second kappa shape index (κ2) is 5.13. The first-order valence-electron chi connectivity index (χ1n) is 6.20. The molecule has 2 aliphatic rings. The van der Waals surface area contributed by atoms with Crippen LogP contribution in [0.25, 0.3) is 0 Å². The van der Waals surface area contributed by atoms with Crippen LogP contribution in [0.15, 0.2) is 0 Å².